The van der Waals surface area contributed by atoms with Crippen molar-refractivity contribution in [2.45, 2.75) is 31.9 Å². The molecule has 0 aliphatic carbocycles. The molecular formula is C21H20ClN3O3. The summed E-state index contributed by atoms with van der Waals surface area (Å²) in [6.07, 6.45) is 5.01. The van der Waals surface area contributed by atoms with Crippen LogP contribution in [-0.2, 0) is 6.61 Å². The van der Waals surface area contributed by atoms with Crippen LogP contribution in [-0.4, -0.2) is 32.6 Å². The second kappa shape index (κ2) is 8.02. The van der Waals surface area contributed by atoms with Crippen LogP contribution in [0.15, 0.2) is 48.8 Å². The van der Waals surface area contributed by atoms with Crippen molar-refractivity contribution >= 4 is 28.6 Å². The number of hydrogen-bond acceptors (Lipinski definition) is 4. The molecule has 0 spiro atoms. The van der Waals surface area contributed by atoms with Gasteiger partial charge in [-0.25, -0.2) is 4.79 Å². The average Bonchev–Trinajstić information content (AvgIpc) is 2.73. The van der Waals surface area contributed by atoms with E-state index in [4.69, 9.17) is 16.3 Å². The molecule has 1 atom stereocenters. The lowest BCUT2D eigenvalue weighted by Crippen LogP contribution is -2.38. The van der Waals surface area contributed by atoms with Gasteiger partial charge in [0.25, 0.3) is 0 Å². The van der Waals surface area contributed by atoms with Gasteiger partial charge in [-0.05, 0) is 37.5 Å². The first-order chi connectivity index (χ1) is 13.6. The van der Waals surface area contributed by atoms with Crippen LogP contribution in [0.3, 0.4) is 0 Å². The number of aromatic nitrogens is 2. The van der Waals surface area contributed by atoms with Crippen molar-refractivity contribution in [2.24, 2.45) is 0 Å². The van der Waals surface area contributed by atoms with Crippen LogP contribution in [0.25, 0.3) is 10.9 Å². The lowest BCUT2D eigenvalue weighted by Gasteiger charge is -2.33. The van der Waals surface area contributed by atoms with E-state index in [2.05, 4.69) is 9.97 Å². The molecule has 1 N–H and O–H groups in total. The van der Waals surface area contributed by atoms with Crippen molar-refractivity contribution in [3.8, 4) is 5.75 Å². The Morgan fingerprint density at radius 2 is 2.07 bits per heavy atom. The number of ether oxygens (including phenoxy) is 1. The zero-order chi connectivity index (χ0) is 19.5. The number of amides is 1. The highest BCUT2D eigenvalue weighted by Gasteiger charge is 2.30. The van der Waals surface area contributed by atoms with Gasteiger partial charge >= 0.3 is 6.09 Å². The summed E-state index contributed by atoms with van der Waals surface area (Å²) in [7, 11) is 0. The number of likely N-dealkylation sites (tertiary alicyclic amines) is 1. The summed E-state index contributed by atoms with van der Waals surface area (Å²) in [6.45, 7) is 0.810. The lowest BCUT2D eigenvalue weighted by atomic mass is 9.99. The van der Waals surface area contributed by atoms with Gasteiger partial charge in [-0.3, -0.25) is 14.9 Å². The Morgan fingerprint density at radius 1 is 1.18 bits per heavy atom. The van der Waals surface area contributed by atoms with Crippen LogP contribution in [0, 0.1) is 0 Å². The number of pyridine rings is 2. The molecule has 1 fully saturated rings. The monoisotopic (exact) mass is 397 g/mol. The highest BCUT2D eigenvalue weighted by molar-refractivity contribution is 6.35. The highest BCUT2D eigenvalue weighted by atomic mass is 35.5. The van der Waals surface area contributed by atoms with Crippen molar-refractivity contribution in [3.05, 3.63) is 65.1 Å². The fourth-order valence-corrected chi connectivity index (χ4v) is 3.90. The molecule has 7 heteroatoms. The summed E-state index contributed by atoms with van der Waals surface area (Å²) in [5.41, 5.74) is 2.37. The number of piperidine rings is 1. The first-order valence-corrected chi connectivity index (χ1v) is 9.62. The molecule has 1 aromatic carbocycles. The van der Waals surface area contributed by atoms with E-state index < -0.39 is 6.09 Å². The number of rotatable bonds is 4. The van der Waals surface area contributed by atoms with Gasteiger partial charge in [0, 0.05) is 29.9 Å². The van der Waals surface area contributed by atoms with E-state index in [0.717, 1.165) is 35.7 Å². The average molecular weight is 398 g/mol. The third kappa shape index (κ3) is 3.60. The highest BCUT2D eigenvalue weighted by Crippen LogP contribution is 2.35. The smallest absolute Gasteiger partial charge is 0.407 e. The Kier molecular flexibility index (Phi) is 5.30. The summed E-state index contributed by atoms with van der Waals surface area (Å²) in [4.78, 5) is 22.0. The van der Waals surface area contributed by atoms with E-state index in [-0.39, 0.29) is 6.04 Å². The summed E-state index contributed by atoms with van der Waals surface area (Å²) >= 11 is 6.27. The fourth-order valence-electron chi connectivity index (χ4n) is 3.70. The van der Waals surface area contributed by atoms with Gasteiger partial charge < -0.3 is 9.84 Å². The Labute approximate surface area is 167 Å². The molecule has 6 nitrogen and oxygen atoms in total. The first-order valence-electron chi connectivity index (χ1n) is 9.24. The number of carbonyl (C=O) groups is 1. The van der Waals surface area contributed by atoms with Crippen LogP contribution in [0.1, 0.15) is 36.6 Å². The number of para-hydroxylation sites is 1. The van der Waals surface area contributed by atoms with Gasteiger partial charge in [-0.2, -0.15) is 0 Å². The number of halogens is 1. The molecule has 3 aromatic rings. The molecule has 0 radical (unpaired) electrons. The topological polar surface area (TPSA) is 75.5 Å². The first kappa shape index (κ1) is 18.5. The number of benzene rings is 1. The van der Waals surface area contributed by atoms with Crippen LogP contribution in [0.5, 0.6) is 5.75 Å². The molecule has 1 aliphatic rings. The summed E-state index contributed by atoms with van der Waals surface area (Å²) < 4.78 is 6.09. The maximum atomic E-state index is 11.6. The fraction of sp³-hybridized carbons (Fsp3) is 0.286. The van der Waals surface area contributed by atoms with Crippen molar-refractivity contribution in [3.63, 3.8) is 0 Å². The Morgan fingerprint density at radius 3 is 2.93 bits per heavy atom. The molecule has 1 aliphatic heterocycles. The van der Waals surface area contributed by atoms with Crippen molar-refractivity contribution < 1.29 is 14.6 Å². The van der Waals surface area contributed by atoms with Crippen molar-refractivity contribution in [1.29, 1.82) is 0 Å². The van der Waals surface area contributed by atoms with Gasteiger partial charge in [0.1, 0.15) is 18.1 Å². The van der Waals surface area contributed by atoms with Gasteiger partial charge in [0.05, 0.1) is 16.6 Å². The maximum absolute atomic E-state index is 11.6. The minimum atomic E-state index is -0.922. The van der Waals surface area contributed by atoms with Gasteiger partial charge in [0.15, 0.2) is 0 Å². The third-order valence-electron chi connectivity index (χ3n) is 5.05. The number of nitrogens with zero attached hydrogens (tertiary/aromatic N) is 3. The molecule has 1 unspecified atom stereocenters. The third-order valence-corrected chi connectivity index (χ3v) is 5.38. The molecule has 4 rings (SSSR count). The van der Waals surface area contributed by atoms with Crippen molar-refractivity contribution in [2.75, 3.05) is 6.54 Å². The molecular weight excluding hydrogens is 378 g/mol. The van der Waals surface area contributed by atoms with Gasteiger partial charge in [-0.15, -0.1) is 0 Å². The van der Waals surface area contributed by atoms with E-state index in [1.165, 1.54) is 4.90 Å². The maximum Gasteiger partial charge on any atom is 0.407 e. The number of carboxylic acid groups (broad SMARTS) is 1. The van der Waals surface area contributed by atoms with Crippen molar-refractivity contribution in [1.82, 2.24) is 14.9 Å². The molecule has 3 heterocycles. The second-order valence-electron chi connectivity index (χ2n) is 6.77. The van der Waals surface area contributed by atoms with E-state index in [1.54, 1.807) is 24.5 Å². The van der Waals surface area contributed by atoms with E-state index >= 15 is 0 Å². The van der Waals surface area contributed by atoms with Gasteiger partial charge in [-0.1, -0.05) is 29.8 Å². The summed E-state index contributed by atoms with van der Waals surface area (Å²) in [5, 5.41) is 11.1. The molecule has 1 saturated heterocycles. The lowest BCUT2D eigenvalue weighted by molar-refractivity contribution is 0.103. The largest absolute Gasteiger partial charge is 0.487 e. The standard InChI is InChI=1S/C21H20ClN3O3/c22-16-9-11-24-19-14(5-3-6-15(16)19)13-28-18-8-4-10-23-20(18)17-7-1-2-12-25(17)21(26)27/h3-6,8-11,17H,1-2,7,12-13H2,(H,26,27). The molecule has 2 aromatic heterocycles. The Hall–Kier alpha value is -2.86. The van der Waals surface area contributed by atoms with Crippen LogP contribution in [0.4, 0.5) is 4.79 Å². The van der Waals surface area contributed by atoms with Crippen LogP contribution in [0.2, 0.25) is 5.02 Å². The van der Waals surface area contributed by atoms with E-state index in [1.807, 2.05) is 24.3 Å². The molecule has 1 amide bonds. The summed E-state index contributed by atoms with van der Waals surface area (Å²) in [5.74, 6) is 0.597. The van der Waals surface area contributed by atoms with Crippen LogP contribution < -0.4 is 4.74 Å². The Balaban J connectivity index is 1.62. The second-order valence-corrected chi connectivity index (χ2v) is 7.18. The molecule has 28 heavy (non-hydrogen) atoms. The normalized spacial score (nSPS) is 16.9. The quantitative estimate of drug-likeness (QED) is 0.665. The zero-order valence-corrected chi connectivity index (χ0v) is 16.0. The van der Waals surface area contributed by atoms with Gasteiger partial charge in [0.2, 0.25) is 0 Å². The summed E-state index contributed by atoms with van der Waals surface area (Å²) in [6, 6.07) is 10.9. The number of fused-ring (bicyclic) bond motifs is 1. The molecule has 144 valence electrons. The van der Waals surface area contributed by atoms with E-state index in [0.29, 0.717) is 29.6 Å². The molecule has 0 saturated carbocycles. The molecule has 0 bridgehead atoms. The van der Waals surface area contributed by atoms with E-state index in [9.17, 15) is 9.90 Å². The SMILES string of the molecule is O=C(O)N1CCCCC1c1ncccc1OCc1cccc2c(Cl)ccnc12. The Bertz CT molecular complexity index is 1010. The minimum absolute atomic E-state index is 0.289. The predicted octanol–water partition coefficient (Wildman–Crippen LogP) is 5.07. The zero-order valence-electron chi connectivity index (χ0n) is 15.2. The predicted molar refractivity (Wildman–Crippen MR) is 107 cm³/mol. The number of hydrogen-bond donors (Lipinski definition) is 1. The van der Waals surface area contributed by atoms with Crippen LogP contribution >= 0.6 is 11.6 Å². The minimum Gasteiger partial charge on any atom is -0.487 e.